The molecule has 2 heteroatoms. The molecule has 2 aromatic heterocycles. The van der Waals surface area contributed by atoms with Gasteiger partial charge in [-0.15, -0.1) is 11.3 Å². The third kappa shape index (κ3) is 0.715. The summed E-state index contributed by atoms with van der Waals surface area (Å²) < 4.78 is 1.23. The van der Waals surface area contributed by atoms with Crippen molar-refractivity contribution in [3.05, 3.63) is 29.9 Å². The maximum absolute atomic E-state index is 3.87. The molecular formula is C7H4NS. The molecule has 0 fully saturated rings. The molecule has 0 bridgehead atoms. The van der Waals surface area contributed by atoms with Gasteiger partial charge in [-0.05, 0) is 22.9 Å². The molecule has 2 rings (SSSR count). The zero-order valence-corrected chi connectivity index (χ0v) is 5.48. The second kappa shape index (κ2) is 1.81. The SMILES string of the molecule is [c]1cc2ccsc2cn1. The van der Waals surface area contributed by atoms with E-state index in [4.69, 9.17) is 0 Å². The summed E-state index contributed by atoms with van der Waals surface area (Å²) in [4.78, 5) is 3.87. The number of hydrogen-bond acceptors (Lipinski definition) is 2. The second-order valence-corrected chi connectivity index (χ2v) is 2.72. The van der Waals surface area contributed by atoms with Crippen molar-refractivity contribution >= 4 is 21.4 Å². The number of fused-ring (bicyclic) bond motifs is 1. The molecule has 43 valence electrons. The normalized spacial score (nSPS) is 10.2. The van der Waals surface area contributed by atoms with E-state index in [1.807, 2.05) is 12.3 Å². The van der Waals surface area contributed by atoms with Crippen molar-refractivity contribution in [1.82, 2.24) is 4.98 Å². The van der Waals surface area contributed by atoms with Crippen LogP contribution >= 0.6 is 11.3 Å². The zero-order valence-electron chi connectivity index (χ0n) is 4.66. The van der Waals surface area contributed by atoms with E-state index in [-0.39, 0.29) is 0 Å². The van der Waals surface area contributed by atoms with E-state index < -0.39 is 0 Å². The molecule has 2 aromatic rings. The summed E-state index contributed by atoms with van der Waals surface area (Å²) >= 11 is 1.70. The van der Waals surface area contributed by atoms with Gasteiger partial charge in [-0.3, -0.25) is 4.98 Å². The standard InChI is InChI=1S/C7H4NS/c1-3-8-5-7-6(1)2-4-9-7/h1-2,4-5H. The molecule has 0 atom stereocenters. The smallest absolute Gasteiger partial charge is 0.0893 e. The molecule has 0 saturated heterocycles. The highest BCUT2D eigenvalue weighted by molar-refractivity contribution is 7.17. The molecule has 9 heavy (non-hydrogen) atoms. The Hall–Kier alpha value is -0.890. The molecule has 0 aliphatic rings. The molecule has 0 amide bonds. The summed E-state index contributed by atoms with van der Waals surface area (Å²) in [7, 11) is 0. The van der Waals surface area contributed by atoms with Crippen LogP contribution in [0.25, 0.3) is 10.1 Å². The van der Waals surface area contributed by atoms with Crippen LogP contribution in [0.3, 0.4) is 0 Å². The summed E-state index contributed by atoms with van der Waals surface area (Å²) in [6, 6.07) is 3.96. The molecule has 0 aromatic carbocycles. The summed E-state index contributed by atoms with van der Waals surface area (Å²) in [5, 5.41) is 3.29. The van der Waals surface area contributed by atoms with Crippen molar-refractivity contribution in [2.75, 3.05) is 0 Å². The summed E-state index contributed by atoms with van der Waals surface area (Å²) in [6.45, 7) is 0. The van der Waals surface area contributed by atoms with Gasteiger partial charge >= 0.3 is 0 Å². The van der Waals surface area contributed by atoms with Crippen molar-refractivity contribution in [2.45, 2.75) is 0 Å². The molecule has 0 N–H and O–H groups in total. The van der Waals surface area contributed by atoms with Crippen LogP contribution in [0.1, 0.15) is 0 Å². The Labute approximate surface area is 57.0 Å². The predicted molar refractivity (Wildman–Crippen MR) is 38.5 cm³/mol. The van der Waals surface area contributed by atoms with Crippen LogP contribution in [0.2, 0.25) is 0 Å². The maximum Gasteiger partial charge on any atom is 0.0893 e. The highest BCUT2D eigenvalue weighted by Gasteiger charge is 1.89. The van der Waals surface area contributed by atoms with Gasteiger partial charge in [0.05, 0.1) is 10.9 Å². The zero-order chi connectivity index (χ0) is 6.10. The lowest BCUT2D eigenvalue weighted by molar-refractivity contribution is 1.35. The molecule has 2 heterocycles. The maximum atomic E-state index is 3.87. The monoisotopic (exact) mass is 134 g/mol. The van der Waals surface area contributed by atoms with Gasteiger partial charge in [0.2, 0.25) is 0 Å². The molecule has 1 radical (unpaired) electrons. The van der Waals surface area contributed by atoms with Crippen molar-refractivity contribution < 1.29 is 0 Å². The van der Waals surface area contributed by atoms with Crippen molar-refractivity contribution in [3.63, 3.8) is 0 Å². The van der Waals surface area contributed by atoms with Gasteiger partial charge in [0.15, 0.2) is 0 Å². The molecule has 0 saturated carbocycles. The summed E-state index contributed by atoms with van der Waals surface area (Å²) in [5.41, 5.74) is 0. The molecule has 0 aliphatic heterocycles. The Morgan fingerprint density at radius 3 is 3.44 bits per heavy atom. The first-order valence-electron chi connectivity index (χ1n) is 2.66. The molecule has 0 unspecified atom stereocenters. The lowest BCUT2D eigenvalue weighted by atomic mass is 10.3. The third-order valence-corrected chi connectivity index (χ3v) is 2.07. The second-order valence-electron chi connectivity index (χ2n) is 1.77. The fourth-order valence-corrected chi connectivity index (χ4v) is 1.50. The first-order chi connectivity index (χ1) is 4.47. The average Bonchev–Trinajstić information content (AvgIpc) is 2.33. The van der Waals surface area contributed by atoms with Gasteiger partial charge in [0, 0.05) is 6.20 Å². The minimum Gasteiger partial charge on any atom is -0.253 e. The minimum atomic E-state index is 1.23. The largest absolute Gasteiger partial charge is 0.253 e. The van der Waals surface area contributed by atoms with E-state index in [1.54, 1.807) is 11.3 Å². The van der Waals surface area contributed by atoms with E-state index in [9.17, 15) is 0 Å². The predicted octanol–water partition coefficient (Wildman–Crippen LogP) is 2.10. The summed E-state index contributed by atoms with van der Waals surface area (Å²) in [5.74, 6) is 0. The van der Waals surface area contributed by atoms with Crippen LogP contribution in [0.5, 0.6) is 0 Å². The molecular weight excluding hydrogens is 130 g/mol. The van der Waals surface area contributed by atoms with E-state index in [1.165, 1.54) is 10.1 Å². The van der Waals surface area contributed by atoms with Gasteiger partial charge in [-0.25, -0.2) is 0 Å². The number of thiophene rings is 1. The highest BCUT2D eigenvalue weighted by Crippen LogP contribution is 2.17. The third-order valence-electron chi connectivity index (χ3n) is 1.20. The van der Waals surface area contributed by atoms with Gasteiger partial charge in [0.25, 0.3) is 0 Å². The van der Waals surface area contributed by atoms with E-state index in [2.05, 4.69) is 22.6 Å². The first-order valence-corrected chi connectivity index (χ1v) is 3.54. The van der Waals surface area contributed by atoms with Crippen molar-refractivity contribution in [2.24, 2.45) is 0 Å². The molecule has 0 spiro atoms. The Morgan fingerprint density at radius 2 is 2.56 bits per heavy atom. The highest BCUT2D eigenvalue weighted by atomic mass is 32.1. The van der Waals surface area contributed by atoms with Crippen LogP contribution in [0.15, 0.2) is 23.7 Å². The van der Waals surface area contributed by atoms with Gasteiger partial charge in [-0.1, -0.05) is 0 Å². The van der Waals surface area contributed by atoms with Crippen LogP contribution in [-0.2, 0) is 0 Å². The topological polar surface area (TPSA) is 12.9 Å². The number of hydrogen-bond donors (Lipinski definition) is 0. The van der Waals surface area contributed by atoms with Crippen LogP contribution in [0, 0.1) is 6.20 Å². The van der Waals surface area contributed by atoms with E-state index in [0.29, 0.717) is 0 Å². The van der Waals surface area contributed by atoms with Crippen LogP contribution < -0.4 is 0 Å². The summed E-state index contributed by atoms with van der Waals surface area (Å²) in [6.07, 6.45) is 4.61. The average molecular weight is 134 g/mol. The lowest BCUT2D eigenvalue weighted by Crippen LogP contribution is -1.65. The van der Waals surface area contributed by atoms with Crippen molar-refractivity contribution in [1.29, 1.82) is 0 Å². The Bertz CT molecular complexity index is 283. The lowest BCUT2D eigenvalue weighted by Gasteiger charge is -1.80. The van der Waals surface area contributed by atoms with Crippen molar-refractivity contribution in [3.8, 4) is 0 Å². The minimum absolute atomic E-state index is 1.23. The van der Waals surface area contributed by atoms with Crippen LogP contribution in [-0.4, -0.2) is 4.98 Å². The fourth-order valence-electron chi connectivity index (χ4n) is 0.758. The van der Waals surface area contributed by atoms with Gasteiger partial charge in [-0.2, -0.15) is 0 Å². The van der Waals surface area contributed by atoms with E-state index in [0.717, 1.165) is 0 Å². The number of aromatic nitrogens is 1. The molecule has 0 aliphatic carbocycles. The van der Waals surface area contributed by atoms with Crippen LogP contribution in [0.4, 0.5) is 0 Å². The fraction of sp³-hybridized carbons (Fsp3) is 0. The quantitative estimate of drug-likeness (QED) is 0.537. The first kappa shape index (κ1) is 4.94. The van der Waals surface area contributed by atoms with E-state index >= 15 is 0 Å². The van der Waals surface area contributed by atoms with Gasteiger partial charge in [0.1, 0.15) is 0 Å². The Balaban J connectivity index is 2.95. The number of nitrogens with zero attached hydrogens (tertiary/aromatic N) is 1. The Morgan fingerprint density at radius 1 is 1.56 bits per heavy atom. The Kier molecular flexibility index (Phi) is 0.993. The molecule has 1 nitrogen and oxygen atoms in total. The van der Waals surface area contributed by atoms with Gasteiger partial charge < -0.3 is 0 Å². The number of rotatable bonds is 0. The number of pyridine rings is 1.